The van der Waals surface area contributed by atoms with E-state index in [4.69, 9.17) is 9.47 Å². The highest BCUT2D eigenvalue weighted by atomic mass is 16.5. The number of allylic oxidation sites excluding steroid dienone is 8. The molecule has 0 bridgehead atoms. The van der Waals surface area contributed by atoms with Gasteiger partial charge in [-0.2, -0.15) is 0 Å². The molecule has 1 saturated heterocycles. The predicted molar refractivity (Wildman–Crippen MR) is 209 cm³/mol. The first kappa shape index (κ1) is 43.8. The van der Waals surface area contributed by atoms with Crippen LogP contribution in [-0.4, -0.2) is 63.5 Å². The average molecular weight is 657 g/mol. The number of nitrogens with zero attached hydrogens (tertiary/aromatic N) is 1. The topological polar surface area (TPSA) is 33.7 Å². The maximum atomic E-state index is 6.32. The second-order valence-corrected chi connectivity index (χ2v) is 14.1. The monoisotopic (exact) mass is 657 g/mol. The van der Waals surface area contributed by atoms with Crippen molar-refractivity contribution in [3.63, 3.8) is 0 Å². The largest absolute Gasteiger partial charge is 0.379 e. The normalized spacial score (nSPS) is 15.3. The minimum absolute atomic E-state index is 0.170. The first-order valence-electron chi connectivity index (χ1n) is 20.5. The Kier molecular flexibility index (Phi) is 33.6. The molecule has 1 rings (SSSR count). The highest BCUT2D eigenvalue weighted by Gasteiger charge is 2.23. The number of hydrogen-bond acceptors (Lipinski definition) is 4. The molecule has 4 nitrogen and oxygen atoms in total. The standard InChI is InChI=1S/C43H80N2O2/c1-4-6-8-10-12-14-16-18-20-22-24-26-28-30-32-34-36-46-41-43(38-44-42-39-45(3)40-42)47-37-35-33-31-29-27-25-23-21-19-17-15-13-11-9-7-5-2/h12-15,18-21,42-44H,4-11,16-17,22-41H2,1-3H3/b14-12-,15-13-,20-18-,21-19-. The predicted octanol–water partition coefficient (Wildman–Crippen LogP) is 11.9. The van der Waals surface area contributed by atoms with E-state index in [2.05, 4.69) is 79.7 Å². The lowest BCUT2D eigenvalue weighted by molar-refractivity contribution is -0.0213. The highest BCUT2D eigenvalue weighted by molar-refractivity contribution is 4.93. The number of hydrogen-bond donors (Lipinski definition) is 1. The minimum Gasteiger partial charge on any atom is -0.379 e. The van der Waals surface area contributed by atoms with E-state index in [1.807, 2.05) is 0 Å². The molecule has 0 aromatic heterocycles. The first-order valence-corrected chi connectivity index (χ1v) is 20.5. The van der Waals surface area contributed by atoms with E-state index in [-0.39, 0.29) is 6.10 Å². The molecule has 47 heavy (non-hydrogen) atoms. The van der Waals surface area contributed by atoms with Crippen molar-refractivity contribution in [1.29, 1.82) is 0 Å². The molecule has 1 unspecified atom stereocenters. The summed E-state index contributed by atoms with van der Waals surface area (Å²) in [6, 6.07) is 0.612. The molecular formula is C43H80N2O2. The molecule has 0 radical (unpaired) electrons. The Hall–Kier alpha value is -1.20. The number of ether oxygens (including phenoxy) is 2. The van der Waals surface area contributed by atoms with Gasteiger partial charge in [0.15, 0.2) is 0 Å². The molecule has 0 aromatic rings. The molecule has 1 atom stereocenters. The Bertz CT molecular complexity index is 740. The van der Waals surface area contributed by atoms with Crippen LogP contribution in [0, 0.1) is 0 Å². The van der Waals surface area contributed by atoms with Gasteiger partial charge in [0.25, 0.3) is 0 Å². The Labute approximate surface area is 294 Å². The van der Waals surface area contributed by atoms with Crippen molar-refractivity contribution in [1.82, 2.24) is 10.2 Å². The van der Waals surface area contributed by atoms with E-state index in [0.29, 0.717) is 6.04 Å². The molecule has 1 fully saturated rings. The molecule has 0 aromatic carbocycles. The first-order chi connectivity index (χ1) is 23.3. The second-order valence-electron chi connectivity index (χ2n) is 14.1. The van der Waals surface area contributed by atoms with Crippen LogP contribution in [0.5, 0.6) is 0 Å². The summed E-state index contributed by atoms with van der Waals surface area (Å²) in [4.78, 5) is 2.36. The Morgan fingerprint density at radius 1 is 0.553 bits per heavy atom. The van der Waals surface area contributed by atoms with Crippen molar-refractivity contribution in [3.8, 4) is 0 Å². The van der Waals surface area contributed by atoms with Crippen LogP contribution in [0.15, 0.2) is 48.6 Å². The van der Waals surface area contributed by atoms with Crippen molar-refractivity contribution in [2.75, 3.05) is 46.5 Å². The molecule has 1 aliphatic heterocycles. The Morgan fingerprint density at radius 2 is 0.979 bits per heavy atom. The van der Waals surface area contributed by atoms with Gasteiger partial charge in [0.2, 0.25) is 0 Å². The number of unbranched alkanes of at least 4 members (excludes halogenated alkanes) is 18. The number of likely N-dealkylation sites (tertiary alicyclic amines) is 1. The summed E-state index contributed by atoms with van der Waals surface area (Å²) in [5.41, 5.74) is 0. The van der Waals surface area contributed by atoms with E-state index in [0.717, 1.165) is 52.3 Å². The summed E-state index contributed by atoms with van der Waals surface area (Å²) in [6.07, 6.45) is 49.7. The maximum absolute atomic E-state index is 6.32. The fourth-order valence-corrected chi connectivity index (χ4v) is 6.04. The fraction of sp³-hybridized carbons (Fsp3) is 0.814. The van der Waals surface area contributed by atoms with E-state index in [1.165, 1.54) is 141 Å². The minimum atomic E-state index is 0.170. The van der Waals surface area contributed by atoms with Gasteiger partial charge in [-0.05, 0) is 84.1 Å². The molecule has 1 N–H and O–H groups in total. The third kappa shape index (κ3) is 31.8. The summed E-state index contributed by atoms with van der Waals surface area (Å²) in [5.74, 6) is 0. The van der Waals surface area contributed by atoms with Gasteiger partial charge in [0.05, 0.1) is 12.7 Å². The van der Waals surface area contributed by atoms with Gasteiger partial charge in [-0.3, -0.25) is 0 Å². The van der Waals surface area contributed by atoms with Crippen molar-refractivity contribution in [3.05, 3.63) is 48.6 Å². The maximum Gasteiger partial charge on any atom is 0.0932 e. The number of nitrogens with one attached hydrogen (secondary N) is 1. The molecule has 0 saturated carbocycles. The average Bonchev–Trinajstić information content (AvgIpc) is 3.06. The lowest BCUT2D eigenvalue weighted by Gasteiger charge is -2.37. The van der Waals surface area contributed by atoms with Gasteiger partial charge in [-0.15, -0.1) is 0 Å². The van der Waals surface area contributed by atoms with Gasteiger partial charge in [-0.25, -0.2) is 0 Å². The van der Waals surface area contributed by atoms with E-state index < -0.39 is 0 Å². The lowest BCUT2D eigenvalue weighted by atomic mass is 10.1. The molecule has 274 valence electrons. The molecule has 0 spiro atoms. The van der Waals surface area contributed by atoms with Gasteiger partial charge >= 0.3 is 0 Å². The zero-order valence-electron chi connectivity index (χ0n) is 31.8. The Balaban J connectivity index is 1.99. The molecular weight excluding hydrogens is 576 g/mol. The molecule has 4 heteroatoms. The zero-order chi connectivity index (χ0) is 33.7. The summed E-state index contributed by atoms with van der Waals surface area (Å²) in [6.45, 7) is 10.2. The highest BCUT2D eigenvalue weighted by Crippen LogP contribution is 2.11. The molecule has 1 aliphatic rings. The van der Waals surface area contributed by atoms with Crippen molar-refractivity contribution in [2.45, 2.75) is 180 Å². The third-order valence-electron chi connectivity index (χ3n) is 9.19. The third-order valence-corrected chi connectivity index (χ3v) is 9.19. The summed E-state index contributed by atoms with van der Waals surface area (Å²) in [5, 5.41) is 3.70. The summed E-state index contributed by atoms with van der Waals surface area (Å²) >= 11 is 0. The van der Waals surface area contributed by atoms with Crippen LogP contribution in [-0.2, 0) is 9.47 Å². The Morgan fingerprint density at radius 3 is 1.45 bits per heavy atom. The van der Waals surface area contributed by atoms with Crippen molar-refractivity contribution in [2.24, 2.45) is 0 Å². The van der Waals surface area contributed by atoms with Crippen LogP contribution >= 0.6 is 0 Å². The quantitative estimate of drug-likeness (QED) is 0.0537. The van der Waals surface area contributed by atoms with Gasteiger partial charge < -0.3 is 19.7 Å². The smallest absolute Gasteiger partial charge is 0.0932 e. The van der Waals surface area contributed by atoms with Gasteiger partial charge in [0.1, 0.15) is 0 Å². The number of rotatable bonds is 36. The van der Waals surface area contributed by atoms with Crippen molar-refractivity contribution >= 4 is 0 Å². The molecule has 0 amide bonds. The molecule has 1 heterocycles. The number of likely N-dealkylation sites (N-methyl/N-ethyl adjacent to an activating group) is 1. The van der Waals surface area contributed by atoms with Crippen LogP contribution < -0.4 is 5.32 Å². The fourth-order valence-electron chi connectivity index (χ4n) is 6.04. The van der Waals surface area contributed by atoms with E-state index >= 15 is 0 Å². The summed E-state index contributed by atoms with van der Waals surface area (Å²) < 4.78 is 12.4. The van der Waals surface area contributed by atoms with Crippen LogP contribution in [0.2, 0.25) is 0 Å². The SMILES string of the molecule is CCCCC/C=C\C/C=C\CCCCCCCCOCC(CNC1CN(C)C1)OCCCCCCCC/C=C\C/C=C\CCCCC. The van der Waals surface area contributed by atoms with Gasteiger partial charge in [0, 0.05) is 38.9 Å². The van der Waals surface area contributed by atoms with Crippen molar-refractivity contribution < 1.29 is 9.47 Å². The second kappa shape index (κ2) is 36.1. The lowest BCUT2D eigenvalue weighted by Crippen LogP contribution is -2.57. The van der Waals surface area contributed by atoms with Gasteiger partial charge in [-0.1, -0.05) is 140 Å². The van der Waals surface area contributed by atoms with Crippen LogP contribution in [0.1, 0.15) is 168 Å². The van der Waals surface area contributed by atoms with Crippen LogP contribution in [0.3, 0.4) is 0 Å². The van der Waals surface area contributed by atoms with E-state index in [9.17, 15) is 0 Å². The molecule has 0 aliphatic carbocycles. The van der Waals surface area contributed by atoms with Crippen LogP contribution in [0.4, 0.5) is 0 Å². The van der Waals surface area contributed by atoms with Crippen LogP contribution in [0.25, 0.3) is 0 Å². The van der Waals surface area contributed by atoms with E-state index in [1.54, 1.807) is 0 Å². The zero-order valence-corrected chi connectivity index (χ0v) is 31.8. The summed E-state index contributed by atoms with van der Waals surface area (Å²) in [7, 11) is 2.19.